The number of methoxy groups -OCH3 is 1. The number of nitrogens with zero attached hydrogens (tertiary/aromatic N) is 1. The van der Waals surface area contributed by atoms with Crippen molar-refractivity contribution in [2.24, 2.45) is 5.73 Å². The SMILES string of the molecule is COC1CCN(c2ccc(C)cc2CN)CC1. The summed E-state index contributed by atoms with van der Waals surface area (Å²) in [6, 6.07) is 6.55. The molecule has 2 rings (SSSR count). The summed E-state index contributed by atoms with van der Waals surface area (Å²) in [6.07, 6.45) is 2.64. The van der Waals surface area contributed by atoms with Crippen molar-refractivity contribution in [2.75, 3.05) is 25.1 Å². The highest BCUT2D eigenvalue weighted by molar-refractivity contribution is 5.55. The van der Waals surface area contributed by atoms with Crippen molar-refractivity contribution in [1.29, 1.82) is 0 Å². The summed E-state index contributed by atoms with van der Waals surface area (Å²) in [4.78, 5) is 2.43. The maximum absolute atomic E-state index is 5.83. The summed E-state index contributed by atoms with van der Waals surface area (Å²) in [5.41, 5.74) is 9.66. The van der Waals surface area contributed by atoms with Gasteiger partial charge in [0, 0.05) is 32.4 Å². The van der Waals surface area contributed by atoms with Crippen LogP contribution in [0.2, 0.25) is 0 Å². The van der Waals surface area contributed by atoms with Crippen molar-refractivity contribution >= 4 is 5.69 Å². The molecule has 17 heavy (non-hydrogen) atoms. The zero-order valence-electron chi connectivity index (χ0n) is 10.8. The first kappa shape index (κ1) is 12.4. The minimum absolute atomic E-state index is 0.429. The molecule has 0 atom stereocenters. The lowest BCUT2D eigenvalue weighted by atomic mass is 10.0. The topological polar surface area (TPSA) is 38.5 Å². The molecule has 3 heteroatoms. The van der Waals surface area contributed by atoms with Gasteiger partial charge in [-0.25, -0.2) is 0 Å². The van der Waals surface area contributed by atoms with E-state index in [1.807, 2.05) is 0 Å². The first-order valence-electron chi connectivity index (χ1n) is 6.32. The standard InChI is InChI=1S/C14H22N2O/c1-11-3-4-14(12(9-11)10-15)16-7-5-13(17-2)6-8-16/h3-4,9,13H,5-8,10,15H2,1-2H3. The van der Waals surface area contributed by atoms with Crippen molar-refractivity contribution in [1.82, 2.24) is 0 Å². The van der Waals surface area contributed by atoms with Crippen LogP contribution in [-0.4, -0.2) is 26.3 Å². The third-order valence-corrected chi connectivity index (χ3v) is 3.57. The number of hydrogen-bond donors (Lipinski definition) is 1. The third-order valence-electron chi connectivity index (χ3n) is 3.57. The van der Waals surface area contributed by atoms with Crippen LogP contribution in [0.15, 0.2) is 18.2 Å². The normalized spacial score (nSPS) is 17.5. The minimum atomic E-state index is 0.429. The summed E-state index contributed by atoms with van der Waals surface area (Å²) in [6.45, 7) is 4.85. The molecule has 2 N–H and O–H groups in total. The van der Waals surface area contributed by atoms with Crippen LogP contribution in [0.3, 0.4) is 0 Å². The molecule has 1 heterocycles. The highest BCUT2D eigenvalue weighted by Gasteiger charge is 2.20. The van der Waals surface area contributed by atoms with Crippen LogP contribution in [0.4, 0.5) is 5.69 Å². The molecule has 0 saturated carbocycles. The number of hydrogen-bond acceptors (Lipinski definition) is 3. The second-order valence-corrected chi connectivity index (χ2v) is 4.76. The van der Waals surface area contributed by atoms with Gasteiger partial charge in [-0.3, -0.25) is 0 Å². The number of ether oxygens (including phenoxy) is 1. The molecule has 0 aromatic heterocycles. The van der Waals surface area contributed by atoms with Crippen molar-refractivity contribution in [3.63, 3.8) is 0 Å². The van der Waals surface area contributed by atoms with E-state index in [-0.39, 0.29) is 0 Å². The first-order chi connectivity index (χ1) is 8.24. The summed E-state index contributed by atoms with van der Waals surface area (Å²) in [5.74, 6) is 0. The Balaban J connectivity index is 2.12. The second-order valence-electron chi connectivity index (χ2n) is 4.76. The molecule has 1 aromatic rings. The van der Waals surface area contributed by atoms with E-state index in [9.17, 15) is 0 Å². The minimum Gasteiger partial charge on any atom is -0.381 e. The van der Waals surface area contributed by atoms with Crippen molar-refractivity contribution in [3.8, 4) is 0 Å². The van der Waals surface area contributed by atoms with Crippen molar-refractivity contribution in [2.45, 2.75) is 32.4 Å². The van der Waals surface area contributed by atoms with E-state index >= 15 is 0 Å². The highest BCUT2D eigenvalue weighted by Crippen LogP contribution is 2.25. The third kappa shape index (κ3) is 2.79. The Hall–Kier alpha value is -1.06. The molecule has 0 aliphatic carbocycles. The van der Waals surface area contributed by atoms with Crippen molar-refractivity contribution < 1.29 is 4.74 Å². The van der Waals surface area contributed by atoms with E-state index in [1.165, 1.54) is 16.8 Å². The number of rotatable bonds is 3. The van der Waals surface area contributed by atoms with E-state index in [0.29, 0.717) is 12.6 Å². The number of aryl methyl sites for hydroxylation is 1. The Labute approximate surface area is 104 Å². The van der Waals surface area contributed by atoms with E-state index < -0.39 is 0 Å². The molecular formula is C14H22N2O. The van der Waals surface area contributed by atoms with E-state index in [1.54, 1.807) is 7.11 Å². The predicted molar refractivity (Wildman–Crippen MR) is 71.3 cm³/mol. The molecule has 94 valence electrons. The number of nitrogens with two attached hydrogens (primary N) is 1. The molecule has 1 aromatic carbocycles. The lowest BCUT2D eigenvalue weighted by Gasteiger charge is -2.34. The Kier molecular flexibility index (Phi) is 4.02. The average molecular weight is 234 g/mol. The van der Waals surface area contributed by atoms with Crippen LogP contribution >= 0.6 is 0 Å². The molecule has 0 spiro atoms. The zero-order chi connectivity index (χ0) is 12.3. The summed E-state index contributed by atoms with van der Waals surface area (Å²) in [5, 5.41) is 0. The molecule has 1 aliphatic rings. The predicted octanol–water partition coefficient (Wildman–Crippen LogP) is 2.07. The second kappa shape index (κ2) is 5.52. The van der Waals surface area contributed by atoms with Gasteiger partial charge in [0.2, 0.25) is 0 Å². The lowest BCUT2D eigenvalue weighted by Crippen LogP contribution is -2.37. The largest absolute Gasteiger partial charge is 0.381 e. The van der Waals surface area contributed by atoms with Crippen LogP contribution in [-0.2, 0) is 11.3 Å². The Bertz CT molecular complexity index is 370. The smallest absolute Gasteiger partial charge is 0.0605 e. The van der Waals surface area contributed by atoms with Gasteiger partial charge in [0.25, 0.3) is 0 Å². The van der Waals surface area contributed by atoms with Gasteiger partial charge in [0.1, 0.15) is 0 Å². The first-order valence-corrected chi connectivity index (χ1v) is 6.32. The average Bonchev–Trinajstić information content (AvgIpc) is 2.39. The molecule has 1 saturated heterocycles. The fraction of sp³-hybridized carbons (Fsp3) is 0.571. The van der Waals surface area contributed by atoms with Crippen LogP contribution in [0, 0.1) is 6.92 Å². The molecule has 0 bridgehead atoms. The maximum Gasteiger partial charge on any atom is 0.0605 e. The molecule has 0 amide bonds. The van der Waals surface area contributed by atoms with Crippen LogP contribution in [0.5, 0.6) is 0 Å². The monoisotopic (exact) mass is 234 g/mol. The van der Waals surface area contributed by atoms with Gasteiger partial charge in [0.05, 0.1) is 6.10 Å². The van der Waals surface area contributed by atoms with Gasteiger partial charge in [-0.1, -0.05) is 17.7 Å². The van der Waals surface area contributed by atoms with Gasteiger partial charge >= 0.3 is 0 Å². The fourth-order valence-corrected chi connectivity index (χ4v) is 2.52. The fourth-order valence-electron chi connectivity index (χ4n) is 2.52. The summed E-state index contributed by atoms with van der Waals surface area (Å²) >= 11 is 0. The Morgan fingerprint density at radius 2 is 2.06 bits per heavy atom. The summed E-state index contributed by atoms with van der Waals surface area (Å²) < 4.78 is 5.40. The van der Waals surface area contributed by atoms with Gasteiger partial charge in [-0.15, -0.1) is 0 Å². The molecule has 3 nitrogen and oxygen atoms in total. The Morgan fingerprint density at radius 3 is 2.65 bits per heavy atom. The molecule has 0 radical (unpaired) electrons. The maximum atomic E-state index is 5.83. The van der Waals surface area contributed by atoms with Crippen LogP contribution in [0.25, 0.3) is 0 Å². The van der Waals surface area contributed by atoms with Gasteiger partial charge in [0.15, 0.2) is 0 Å². The van der Waals surface area contributed by atoms with E-state index in [2.05, 4.69) is 30.0 Å². The van der Waals surface area contributed by atoms with Gasteiger partial charge < -0.3 is 15.4 Å². The van der Waals surface area contributed by atoms with Gasteiger partial charge in [-0.05, 0) is 31.4 Å². The van der Waals surface area contributed by atoms with E-state index in [0.717, 1.165) is 25.9 Å². The number of piperidine rings is 1. The number of anilines is 1. The molecular weight excluding hydrogens is 212 g/mol. The lowest BCUT2D eigenvalue weighted by molar-refractivity contribution is 0.0819. The highest BCUT2D eigenvalue weighted by atomic mass is 16.5. The van der Waals surface area contributed by atoms with Crippen molar-refractivity contribution in [3.05, 3.63) is 29.3 Å². The quantitative estimate of drug-likeness (QED) is 0.870. The molecule has 1 aliphatic heterocycles. The Morgan fingerprint density at radius 1 is 1.35 bits per heavy atom. The van der Waals surface area contributed by atoms with Crippen LogP contribution < -0.4 is 10.6 Å². The van der Waals surface area contributed by atoms with Crippen LogP contribution in [0.1, 0.15) is 24.0 Å². The van der Waals surface area contributed by atoms with Gasteiger partial charge in [-0.2, -0.15) is 0 Å². The number of benzene rings is 1. The summed E-state index contributed by atoms with van der Waals surface area (Å²) in [7, 11) is 1.80. The molecule has 1 fully saturated rings. The zero-order valence-corrected chi connectivity index (χ0v) is 10.8. The van der Waals surface area contributed by atoms with E-state index in [4.69, 9.17) is 10.5 Å². The molecule has 0 unspecified atom stereocenters.